The van der Waals surface area contributed by atoms with Gasteiger partial charge in [-0.3, -0.25) is 9.59 Å². The molecule has 5 nitrogen and oxygen atoms in total. The van der Waals surface area contributed by atoms with Crippen molar-refractivity contribution in [3.05, 3.63) is 65.7 Å². The van der Waals surface area contributed by atoms with Gasteiger partial charge in [0.05, 0.1) is 12.3 Å². The molecule has 2 atom stereocenters. The zero-order chi connectivity index (χ0) is 20.3. The Morgan fingerprint density at radius 1 is 1.07 bits per heavy atom. The summed E-state index contributed by atoms with van der Waals surface area (Å²) in [5.74, 6) is -2.78. The molecule has 1 saturated heterocycles. The SMILES string of the molecule is O=C(O)C1CN(C(=O)Cc2cccc(OC(F)(F)F)c2)CC1c1ccccc1. The Hall–Kier alpha value is -3.03. The molecule has 1 aliphatic heterocycles. The monoisotopic (exact) mass is 393 g/mol. The predicted octanol–water partition coefficient (Wildman–Crippen LogP) is 3.45. The largest absolute Gasteiger partial charge is 0.573 e. The first-order valence-corrected chi connectivity index (χ1v) is 8.63. The van der Waals surface area contributed by atoms with Gasteiger partial charge in [-0.15, -0.1) is 13.2 Å². The Bertz CT molecular complexity index is 854. The summed E-state index contributed by atoms with van der Waals surface area (Å²) in [4.78, 5) is 25.7. The summed E-state index contributed by atoms with van der Waals surface area (Å²) in [7, 11) is 0. The summed E-state index contributed by atoms with van der Waals surface area (Å²) in [5.41, 5.74) is 1.20. The maximum absolute atomic E-state index is 12.6. The van der Waals surface area contributed by atoms with Crippen molar-refractivity contribution >= 4 is 11.9 Å². The van der Waals surface area contributed by atoms with Gasteiger partial charge in [0.2, 0.25) is 5.91 Å². The molecule has 2 aromatic rings. The van der Waals surface area contributed by atoms with E-state index in [1.807, 2.05) is 30.3 Å². The summed E-state index contributed by atoms with van der Waals surface area (Å²) in [6.07, 6.45) is -4.95. The van der Waals surface area contributed by atoms with Gasteiger partial charge in [0.25, 0.3) is 0 Å². The van der Waals surface area contributed by atoms with E-state index in [0.29, 0.717) is 5.56 Å². The van der Waals surface area contributed by atoms with E-state index < -0.39 is 24.0 Å². The highest BCUT2D eigenvalue weighted by atomic mass is 19.4. The van der Waals surface area contributed by atoms with Crippen LogP contribution in [0.3, 0.4) is 0 Å². The van der Waals surface area contributed by atoms with Crippen LogP contribution in [0, 0.1) is 5.92 Å². The van der Waals surface area contributed by atoms with Crippen molar-refractivity contribution in [3.63, 3.8) is 0 Å². The molecule has 1 amide bonds. The van der Waals surface area contributed by atoms with Gasteiger partial charge in [-0.1, -0.05) is 42.5 Å². The topological polar surface area (TPSA) is 66.8 Å². The summed E-state index contributed by atoms with van der Waals surface area (Å²) in [6.45, 7) is 0.311. The van der Waals surface area contributed by atoms with Crippen molar-refractivity contribution in [1.29, 1.82) is 0 Å². The van der Waals surface area contributed by atoms with Crippen molar-refractivity contribution in [1.82, 2.24) is 4.90 Å². The molecule has 1 aliphatic rings. The van der Waals surface area contributed by atoms with Crippen molar-refractivity contribution in [2.24, 2.45) is 5.92 Å². The minimum Gasteiger partial charge on any atom is -0.481 e. The number of hydrogen-bond donors (Lipinski definition) is 1. The number of carbonyl (C=O) groups excluding carboxylic acids is 1. The van der Waals surface area contributed by atoms with Gasteiger partial charge < -0.3 is 14.7 Å². The highest BCUT2D eigenvalue weighted by Gasteiger charge is 2.40. The number of rotatable bonds is 5. The molecule has 1 heterocycles. The molecule has 0 aliphatic carbocycles. The molecule has 2 aromatic carbocycles. The number of carbonyl (C=O) groups is 2. The number of nitrogens with zero attached hydrogens (tertiary/aromatic N) is 1. The number of halogens is 3. The lowest BCUT2D eigenvalue weighted by Crippen LogP contribution is -2.31. The number of aliphatic carboxylic acids is 1. The van der Waals surface area contributed by atoms with Gasteiger partial charge in [0.1, 0.15) is 5.75 Å². The number of alkyl halides is 3. The fourth-order valence-electron chi connectivity index (χ4n) is 3.43. The predicted molar refractivity (Wildman–Crippen MR) is 93.7 cm³/mol. The minimum atomic E-state index is -4.81. The van der Waals surface area contributed by atoms with Crippen LogP contribution in [0.5, 0.6) is 5.75 Å². The Morgan fingerprint density at radius 3 is 2.43 bits per heavy atom. The third kappa shape index (κ3) is 4.82. The van der Waals surface area contributed by atoms with E-state index in [9.17, 15) is 27.9 Å². The lowest BCUT2D eigenvalue weighted by Gasteiger charge is -2.17. The van der Waals surface area contributed by atoms with E-state index in [0.717, 1.165) is 17.7 Å². The molecule has 3 rings (SSSR count). The maximum atomic E-state index is 12.6. The number of carboxylic acid groups (broad SMARTS) is 1. The first-order valence-electron chi connectivity index (χ1n) is 8.63. The van der Waals surface area contributed by atoms with Crippen molar-refractivity contribution in [2.75, 3.05) is 13.1 Å². The minimum absolute atomic E-state index is 0.0620. The van der Waals surface area contributed by atoms with Gasteiger partial charge in [0.15, 0.2) is 0 Å². The summed E-state index contributed by atoms with van der Waals surface area (Å²) >= 11 is 0. The molecular weight excluding hydrogens is 375 g/mol. The second-order valence-corrected chi connectivity index (χ2v) is 6.63. The molecule has 0 aromatic heterocycles. The Kier molecular flexibility index (Phi) is 5.58. The molecule has 148 valence electrons. The van der Waals surface area contributed by atoms with Crippen molar-refractivity contribution in [2.45, 2.75) is 18.7 Å². The molecular formula is C20H18F3NO4. The van der Waals surface area contributed by atoms with Gasteiger partial charge in [-0.2, -0.15) is 0 Å². The van der Waals surface area contributed by atoms with E-state index in [1.54, 1.807) is 0 Å². The van der Waals surface area contributed by atoms with Gasteiger partial charge in [-0.05, 0) is 23.3 Å². The quantitative estimate of drug-likeness (QED) is 0.845. The number of benzene rings is 2. The van der Waals surface area contributed by atoms with Crippen molar-refractivity contribution < 1.29 is 32.6 Å². The third-order valence-electron chi connectivity index (χ3n) is 4.70. The third-order valence-corrected chi connectivity index (χ3v) is 4.70. The Morgan fingerprint density at radius 2 is 1.79 bits per heavy atom. The molecule has 1 N–H and O–H groups in total. The van der Waals surface area contributed by atoms with E-state index in [4.69, 9.17) is 0 Å². The van der Waals surface area contributed by atoms with E-state index in [2.05, 4.69) is 4.74 Å². The van der Waals surface area contributed by atoms with Crippen LogP contribution in [0.1, 0.15) is 17.0 Å². The second-order valence-electron chi connectivity index (χ2n) is 6.63. The lowest BCUT2D eigenvalue weighted by atomic mass is 9.89. The van der Waals surface area contributed by atoms with Gasteiger partial charge >= 0.3 is 12.3 Å². The number of likely N-dealkylation sites (tertiary alicyclic amines) is 1. The normalized spacial score (nSPS) is 19.5. The molecule has 2 unspecified atom stereocenters. The number of ether oxygens (including phenoxy) is 1. The van der Waals surface area contributed by atoms with Gasteiger partial charge in [0, 0.05) is 19.0 Å². The van der Waals surface area contributed by atoms with Gasteiger partial charge in [-0.25, -0.2) is 0 Å². The standard InChI is InChI=1S/C20H18F3NO4/c21-20(22,23)28-15-8-4-5-13(9-15)10-18(25)24-11-16(17(12-24)19(26)27)14-6-2-1-3-7-14/h1-9,16-17H,10-12H2,(H,26,27). The zero-order valence-electron chi connectivity index (χ0n) is 14.7. The average molecular weight is 393 g/mol. The highest BCUT2D eigenvalue weighted by molar-refractivity contribution is 5.81. The zero-order valence-corrected chi connectivity index (χ0v) is 14.7. The van der Waals surface area contributed by atoms with E-state index >= 15 is 0 Å². The molecule has 0 spiro atoms. The molecule has 0 saturated carbocycles. The lowest BCUT2D eigenvalue weighted by molar-refractivity contribution is -0.274. The van der Waals surface area contributed by atoms with Crippen LogP contribution in [0.15, 0.2) is 54.6 Å². The first-order chi connectivity index (χ1) is 13.2. The fraction of sp³-hybridized carbons (Fsp3) is 0.300. The van der Waals surface area contributed by atoms with Crippen LogP contribution in [-0.2, 0) is 16.0 Å². The smallest absolute Gasteiger partial charge is 0.481 e. The fourth-order valence-corrected chi connectivity index (χ4v) is 3.43. The van der Waals surface area contributed by atoms with Crippen LogP contribution in [-0.4, -0.2) is 41.3 Å². The number of hydrogen-bond acceptors (Lipinski definition) is 3. The van der Waals surface area contributed by atoms with Crippen LogP contribution < -0.4 is 4.74 Å². The maximum Gasteiger partial charge on any atom is 0.573 e. The van der Waals surface area contributed by atoms with E-state index in [-0.39, 0.29) is 31.3 Å². The molecule has 8 heteroatoms. The Labute approximate surface area is 159 Å². The number of amides is 1. The number of carboxylic acids is 1. The van der Waals surface area contributed by atoms with Crippen LogP contribution in [0.4, 0.5) is 13.2 Å². The molecule has 28 heavy (non-hydrogen) atoms. The first kappa shape index (κ1) is 19.7. The summed E-state index contributed by atoms with van der Waals surface area (Å²) in [6, 6.07) is 14.3. The molecule has 0 bridgehead atoms. The van der Waals surface area contributed by atoms with Crippen molar-refractivity contribution in [3.8, 4) is 5.75 Å². The van der Waals surface area contributed by atoms with Crippen LogP contribution in [0.2, 0.25) is 0 Å². The summed E-state index contributed by atoms with van der Waals surface area (Å²) < 4.78 is 40.9. The second kappa shape index (κ2) is 7.92. The molecule has 1 fully saturated rings. The average Bonchev–Trinajstić information content (AvgIpc) is 3.07. The molecule has 0 radical (unpaired) electrons. The summed E-state index contributed by atoms with van der Waals surface area (Å²) in [5, 5.41) is 9.52. The highest BCUT2D eigenvalue weighted by Crippen LogP contribution is 2.33. The Balaban J connectivity index is 1.71. The van der Waals surface area contributed by atoms with E-state index in [1.165, 1.54) is 17.0 Å². The van der Waals surface area contributed by atoms with Crippen LogP contribution in [0.25, 0.3) is 0 Å². The van der Waals surface area contributed by atoms with Crippen LogP contribution >= 0.6 is 0 Å².